The molecule has 1 aliphatic rings. The molecule has 1 aliphatic carbocycles. The van der Waals surface area contributed by atoms with Gasteiger partial charge in [-0.1, -0.05) is 13.8 Å². The summed E-state index contributed by atoms with van der Waals surface area (Å²) in [6, 6.07) is 0. The van der Waals surface area contributed by atoms with Crippen molar-refractivity contribution in [2.24, 2.45) is 5.92 Å². The van der Waals surface area contributed by atoms with Gasteiger partial charge in [-0.15, -0.1) is 0 Å². The van der Waals surface area contributed by atoms with Gasteiger partial charge in [0.2, 0.25) is 12.7 Å². The third-order valence-corrected chi connectivity index (χ3v) is 5.87. The molecule has 11 nitrogen and oxygen atoms in total. The lowest BCUT2D eigenvalue weighted by atomic mass is 10.2. The third-order valence-electron chi connectivity index (χ3n) is 4.37. The van der Waals surface area contributed by atoms with Gasteiger partial charge in [-0.3, -0.25) is 13.9 Å². The van der Waals surface area contributed by atoms with Gasteiger partial charge in [0.1, 0.15) is 11.9 Å². The number of esters is 1. The van der Waals surface area contributed by atoms with Crippen LogP contribution in [0.1, 0.15) is 26.7 Å². The number of nitrogens with two attached hydrogens (primary N) is 1. The summed E-state index contributed by atoms with van der Waals surface area (Å²) in [5, 5.41) is 0. The molecule has 1 atom stereocenters. The van der Waals surface area contributed by atoms with Gasteiger partial charge >= 0.3 is 13.6 Å². The fourth-order valence-corrected chi connectivity index (χ4v) is 3.40. The maximum Gasteiger partial charge on any atom is 0.358 e. The van der Waals surface area contributed by atoms with Gasteiger partial charge in [-0.25, -0.2) is 9.97 Å². The van der Waals surface area contributed by atoms with Crippen LogP contribution in [0.15, 0.2) is 12.5 Å². The van der Waals surface area contributed by atoms with Gasteiger partial charge in [-0.2, -0.15) is 4.98 Å². The van der Waals surface area contributed by atoms with Crippen molar-refractivity contribution >= 4 is 30.7 Å². The van der Waals surface area contributed by atoms with Crippen molar-refractivity contribution in [2.75, 3.05) is 26.0 Å². The molecule has 0 saturated heterocycles. The lowest BCUT2D eigenvalue weighted by molar-refractivity contribution is -0.154. The molecule has 2 N–H and O–H groups in total. The lowest BCUT2D eigenvalue weighted by Gasteiger charge is -2.21. The van der Waals surface area contributed by atoms with Crippen molar-refractivity contribution in [1.82, 2.24) is 19.5 Å². The minimum atomic E-state index is -3.56. The number of ether oxygens (including phenoxy) is 2. The largest absolute Gasteiger partial charge is 0.438 e. The molecule has 1 fully saturated rings. The van der Waals surface area contributed by atoms with Gasteiger partial charge in [0, 0.05) is 7.11 Å². The molecule has 2 aromatic heterocycles. The van der Waals surface area contributed by atoms with Crippen molar-refractivity contribution in [3.8, 4) is 0 Å². The van der Waals surface area contributed by atoms with Crippen molar-refractivity contribution < 1.29 is 27.9 Å². The molecule has 0 radical (unpaired) electrons. The second kappa shape index (κ2) is 8.12. The van der Waals surface area contributed by atoms with E-state index in [-0.39, 0.29) is 18.2 Å². The van der Waals surface area contributed by atoms with Crippen LogP contribution in [0.5, 0.6) is 0 Å². The summed E-state index contributed by atoms with van der Waals surface area (Å²) in [6.07, 6.45) is 4.49. The number of carbonyl (C=O) groups excluding carboxylic acids is 1. The molecule has 12 heteroatoms. The van der Waals surface area contributed by atoms with Crippen molar-refractivity contribution in [2.45, 2.75) is 38.8 Å². The van der Waals surface area contributed by atoms with Gasteiger partial charge in [0.25, 0.3) is 0 Å². The van der Waals surface area contributed by atoms with Crippen LogP contribution in [0, 0.1) is 5.92 Å². The number of hydrogen-bond acceptors (Lipinski definition) is 10. The van der Waals surface area contributed by atoms with E-state index in [1.54, 1.807) is 26.4 Å². The molecule has 0 aliphatic heterocycles. The second-order valence-electron chi connectivity index (χ2n) is 6.92. The van der Waals surface area contributed by atoms with E-state index in [1.807, 2.05) is 4.57 Å². The van der Waals surface area contributed by atoms with E-state index in [9.17, 15) is 9.36 Å². The fraction of sp³-hybridized carbons (Fsp3) is 0.625. The molecule has 2 heterocycles. The molecular weight excluding hydrogens is 389 g/mol. The highest BCUT2D eigenvalue weighted by atomic mass is 31.2. The first kappa shape index (κ1) is 20.7. The van der Waals surface area contributed by atoms with Crippen LogP contribution < -0.4 is 5.73 Å². The monoisotopic (exact) mass is 413 g/mol. The fourth-order valence-electron chi connectivity index (χ4n) is 2.47. The molecular formula is C16H24N5O6P. The Morgan fingerprint density at radius 1 is 1.39 bits per heavy atom. The Bertz CT molecular complexity index is 897. The summed E-state index contributed by atoms with van der Waals surface area (Å²) < 4.78 is 35.4. The van der Waals surface area contributed by atoms with E-state index in [0.29, 0.717) is 17.7 Å². The number of anilines is 1. The summed E-state index contributed by atoms with van der Waals surface area (Å²) in [4.78, 5) is 23.8. The Morgan fingerprint density at radius 3 is 2.79 bits per heavy atom. The lowest BCUT2D eigenvalue weighted by Crippen LogP contribution is -2.23. The average molecular weight is 413 g/mol. The van der Waals surface area contributed by atoms with Crippen LogP contribution in [-0.2, 0) is 34.4 Å². The van der Waals surface area contributed by atoms with E-state index >= 15 is 0 Å². The molecule has 3 rings (SSSR count). The normalized spacial score (nSPS) is 17.6. The summed E-state index contributed by atoms with van der Waals surface area (Å²) in [7, 11) is -2.30. The molecule has 1 saturated carbocycles. The van der Waals surface area contributed by atoms with Gasteiger partial charge < -0.3 is 24.3 Å². The zero-order chi connectivity index (χ0) is 20.4. The summed E-state index contributed by atoms with van der Waals surface area (Å²) in [6.45, 7) is 3.39. The van der Waals surface area contributed by atoms with E-state index in [4.69, 9.17) is 24.3 Å². The maximum absolute atomic E-state index is 12.7. The Morgan fingerprint density at radius 2 is 2.14 bits per heavy atom. The molecule has 154 valence electrons. The van der Waals surface area contributed by atoms with Crippen molar-refractivity contribution in [1.29, 1.82) is 0 Å². The van der Waals surface area contributed by atoms with Gasteiger partial charge in [0.05, 0.1) is 30.6 Å². The first-order valence-corrected chi connectivity index (χ1v) is 10.5. The number of hydrogen-bond donors (Lipinski definition) is 1. The van der Waals surface area contributed by atoms with E-state index in [1.165, 1.54) is 7.11 Å². The quantitative estimate of drug-likeness (QED) is 0.349. The highest BCUT2D eigenvalue weighted by Crippen LogP contribution is 2.51. The van der Waals surface area contributed by atoms with Crippen molar-refractivity contribution in [3.05, 3.63) is 12.5 Å². The zero-order valence-electron chi connectivity index (χ0n) is 16.0. The maximum atomic E-state index is 12.7. The Kier molecular flexibility index (Phi) is 5.99. The highest BCUT2D eigenvalue weighted by molar-refractivity contribution is 7.53. The zero-order valence-corrected chi connectivity index (χ0v) is 16.9. The van der Waals surface area contributed by atoms with Crippen LogP contribution in [0.3, 0.4) is 0 Å². The average Bonchev–Trinajstić information content (AvgIpc) is 3.33. The Balaban J connectivity index is 1.58. The standard InChI is InChI=1S/C16H24N5O6P/c1-11(2)14(22)25-9-27-28(23,24-3)10-26-16(4-5-16)7-21-8-19-12-6-18-15(17)20-13(12)21/h6,8,11H,4-5,7,9-10H2,1-3H3,(H2,17,18,20). The highest BCUT2D eigenvalue weighted by Gasteiger charge is 2.46. The summed E-state index contributed by atoms with van der Waals surface area (Å²) >= 11 is 0. The molecule has 2 aromatic rings. The number of rotatable bonds is 10. The number of imidazole rings is 1. The van der Waals surface area contributed by atoms with Gasteiger partial charge in [-0.05, 0) is 12.8 Å². The third kappa shape index (κ3) is 4.85. The summed E-state index contributed by atoms with van der Waals surface area (Å²) in [5.41, 5.74) is 6.37. The molecule has 0 spiro atoms. The number of aromatic nitrogens is 4. The molecule has 0 bridgehead atoms. The first-order valence-electron chi connectivity index (χ1n) is 8.79. The minimum Gasteiger partial charge on any atom is -0.438 e. The summed E-state index contributed by atoms with van der Waals surface area (Å²) in [5.74, 6) is -0.594. The predicted molar refractivity (Wildman–Crippen MR) is 99.1 cm³/mol. The second-order valence-corrected chi connectivity index (χ2v) is 9.03. The molecule has 0 amide bonds. The van der Waals surface area contributed by atoms with Crippen molar-refractivity contribution in [3.63, 3.8) is 0 Å². The van der Waals surface area contributed by atoms with Crippen LogP contribution in [0.25, 0.3) is 11.2 Å². The van der Waals surface area contributed by atoms with Crippen LogP contribution in [0.4, 0.5) is 5.95 Å². The predicted octanol–water partition coefficient (Wildman–Crippen LogP) is 1.93. The number of nitrogen functional groups attached to an aromatic ring is 1. The van der Waals surface area contributed by atoms with E-state index in [0.717, 1.165) is 12.8 Å². The molecule has 28 heavy (non-hydrogen) atoms. The smallest absolute Gasteiger partial charge is 0.358 e. The van der Waals surface area contributed by atoms with E-state index in [2.05, 4.69) is 15.0 Å². The minimum absolute atomic E-state index is 0.160. The first-order chi connectivity index (χ1) is 13.3. The molecule has 1 unspecified atom stereocenters. The number of nitrogens with zero attached hydrogens (tertiary/aromatic N) is 4. The van der Waals surface area contributed by atoms with Crippen LogP contribution >= 0.6 is 7.60 Å². The Labute approximate surface area is 162 Å². The topological polar surface area (TPSA) is 141 Å². The molecule has 0 aromatic carbocycles. The SMILES string of the molecule is COP(=O)(COC1(Cn2cnc3cnc(N)nc32)CC1)OCOC(=O)C(C)C. The Hall–Kier alpha value is -2.07. The van der Waals surface area contributed by atoms with Crippen LogP contribution in [-0.4, -0.2) is 51.3 Å². The number of carbonyl (C=O) groups is 1. The van der Waals surface area contributed by atoms with Gasteiger partial charge in [0.15, 0.2) is 5.65 Å². The number of fused-ring (bicyclic) bond motifs is 1. The van der Waals surface area contributed by atoms with E-state index < -0.39 is 26.0 Å². The van der Waals surface area contributed by atoms with Crippen LogP contribution in [0.2, 0.25) is 0 Å².